The van der Waals surface area contributed by atoms with Crippen LogP contribution < -0.4 is 5.73 Å². The van der Waals surface area contributed by atoms with Crippen LogP contribution in [0, 0.1) is 11.6 Å². The first-order valence-electron chi connectivity index (χ1n) is 4.63. The lowest BCUT2D eigenvalue weighted by molar-refractivity contribution is 0.564. The van der Waals surface area contributed by atoms with Crippen LogP contribution in [0.15, 0.2) is 24.4 Å². The van der Waals surface area contributed by atoms with Crippen LogP contribution in [-0.2, 0) is 6.42 Å². The van der Waals surface area contributed by atoms with E-state index in [4.69, 9.17) is 5.73 Å². The number of aromatic nitrogens is 2. The average Bonchev–Trinajstić information content (AvgIpc) is 2.75. The Morgan fingerprint density at radius 3 is 2.81 bits per heavy atom. The lowest BCUT2D eigenvalue weighted by Gasteiger charge is -2.09. The molecule has 0 bridgehead atoms. The number of hydrogen-bond donors (Lipinski definition) is 1. The maximum absolute atomic E-state index is 13.3. The van der Waals surface area contributed by atoms with Crippen LogP contribution in [0.25, 0.3) is 0 Å². The summed E-state index contributed by atoms with van der Waals surface area (Å²) in [6.45, 7) is 0. The first kappa shape index (κ1) is 11.1. The molecule has 1 unspecified atom stereocenters. The van der Waals surface area contributed by atoms with E-state index in [-0.39, 0.29) is 6.04 Å². The largest absolute Gasteiger partial charge is 0.323 e. The summed E-state index contributed by atoms with van der Waals surface area (Å²) >= 11 is 1.18. The molecule has 3 nitrogen and oxygen atoms in total. The molecule has 6 heteroatoms. The Morgan fingerprint density at radius 2 is 2.19 bits per heavy atom. The molecule has 0 saturated heterocycles. The van der Waals surface area contributed by atoms with E-state index in [0.717, 1.165) is 10.9 Å². The number of nitrogens with two attached hydrogens (primary N) is 1. The van der Waals surface area contributed by atoms with E-state index in [2.05, 4.69) is 9.59 Å². The molecule has 84 valence electrons. The van der Waals surface area contributed by atoms with Crippen molar-refractivity contribution in [3.63, 3.8) is 0 Å². The molecule has 1 aromatic carbocycles. The Balaban J connectivity index is 2.15. The van der Waals surface area contributed by atoms with Gasteiger partial charge in [-0.3, -0.25) is 0 Å². The second kappa shape index (κ2) is 4.63. The second-order valence-electron chi connectivity index (χ2n) is 3.37. The maximum atomic E-state index is 13.3. The zero-order valence-electron chi connectivity index (χ0n) is 8.23. The summed E-state index contributed by atoms with van der Waals surface area (Å²) in [4.78, 5) is 0.781. The van der Waals surface area contributed by atoms with Crippen LogP contribution in [-0.4, -0.2) is 9.59 Å². The minimum Gasteiger partial charge on any atom is -0.323 e. The molecule has 0 saturated carbocycles. The average molecular weight is 241 g/mol. The monoisotopic (exact) mass is 241 g/mol. The Bertz CT molecular complexity index is 473. The smallest absolute Gasteiger partial charge is 0.129 e. The molecule has 2 rings (SSSR count). The molecule has 0 spiro atoms. The molecule has 0 radical (unpaired) electrons. The van der Waals surface area contributed by atoms with Crippen LogP contribution in [0.3, 0.4) is 0 Å². The van der Waals surface area contributed by atoms with Gasteiger partial charge < -0.3 is 5.73 Å². The minimum atomic E-state index is -0.589. The van der Waals surface area contributed by atoms with Gasteiger partial charge in [-0.15, -0.1) is 5.10 Å². The highest BCUT2D eigenvalue weighted by Crippen LogP contribution is 2.20. The van der Waals surface area contributed by atoms with Gasteiger partial charge in [-0.2, -0.15) is 0 Å². The summed E-state index contributed by atoms with van der Waals surface area (Å²) in [5, 5.41) is 3.66. The van der Waals surface area contributed by atoms with Crippen molar-refractivity contribution in [1.82, 2.24) is 9.59 Å². The van der Waals surface area contributed by atoms with E-state index >= 15 is 0 Å². The van der Waals surface area contributed by atoms with E-state index in [9.17, 15) is 8.78 Å². The molecule has 2 aromatic rings. The van der Waals surface area contributed by atoms with Gasteiger partial charge in [0.1, 0.15) is 11.6 Å². The number of hydrogen-bond acceptors (Lipinski definition) is 4. The molecule has 0 aliphatic heterocycles. The fourth-order valence-corrected chi connectivity index (χ4v) is 1.86. The molecule has 0 amide bonds. The van der Waals surface area contributed by atoms with Crippen LogP contribution in [0.2, 0.25) is 0 Å². The van der Waals surface area contributed by atoms with Crippen molar-refractivity contribution >= 4 is 11.5 Å². The number of benzene rings is 1. The van der Waals surface area contributed by atoms with Crippen molar-refractivity contribution in [3.8, 4) is 0 Å². The van der Waals surface area contributed by atoms with Crippen molar-refractivity contribution < 1.29 is 8.78 Å². The number of rotatable bonds is 3. The van der Waals surface area contributed by atoms with Crippen LogP contribution >= 0.6 is 11.5 Å². The summed E-state index contributed by atoms with van der Waals surface area (Å²) < 4.78 is 29.7. The molecule has 16 heavy (non-hydrogen) atoms. The van der Waals surface area contributed by atoms with Gasteiger partial charge in [-0.25, -0.2) is 8.78 Å². The van der Waals surface area contributed by atoms with Gasteiger partial charge in [0.2, 0.25) is 0 Å². The topological polar surface area (TPSA) is 51.8 Å². The van der Waals surface area contributed by atoms with Gasteiger partial charge in [0.05, 0.1) is 11.1 Å². The molecule has 1 aromatic heterocycles. The second-order valence-corrected chi connectivity index (χ2v) is 4.18. The van der Waals surface area contributed by atoms with Crippen LogP contribution in [0.1, 0.15) is 16.5 Å². The highest BCUT2D eigenvalue weighted by molar-refractivity contribution is 7.05. The van der Waals surface area contributed by atoms with Gasteiger partial charge in [-0.1, -0.05) is 10.6 Å². The number of nitrogens with zero attached hydrogens (tertiary/aromatic N) is 2. The first-order valence-corrected chi connectivity index (χ1v) is 5.41. The maximum Gasteiger partial charge on any atom is 0.129 e. The molecule has 1 atom stereocenters. The highest BCUT2D eigenvalue weighted by atomic mass is 32.1. The Morgan fingerprint density at radius 1 is 1.38 bits per heavy atom. The summed E-state index contributed by atoms with van der Waals surface area (Å²) in [5.41, 5.74) is 6.24. The molecule has 0 aliphatic carbocycles. The van der Waals surface area contributed by atoms with Crippen molar-refractivity contribution in [3.05, 3.63) is 46.5 Å². The third-order valence-corrected chi connectivity index (χ3v) is 2.99. The van der Waals surface area contributed by atoms with Crippen LogP contribution in [0.4, 0.5) is 8.78 Å². The van der Waals surface area contributed by atoms with Crippen molar-refractivity contribution in [2.45, 2.75) is 12.5 Å². The number of halogens is 2. The molecular formula is C10H9F2N3S. The van der Waals surface area contributed by atoms with E-state index in [1.807, 2.05) is 0 Å². The van der Waals surface area contributed by atoms with Gasteiger partial charge in [0.15, 0.2) is 0 Å². The SMILES string of the molecule is NC(Cc1ccc(F)cc1F)c1cnns1. The van der Waals surface area contributed by atoms with Gasteiger partial charge in [0, 0.05) is 12.1 Å². The van der Waals surface area contributed by atoms with E-state index in [1.165, 1.54) is 23.7 Å². The van der Waals surface area contributed by atoms with Crippen LogP contribution in [0.5, 0.6) is 0 Å². The predicted octanol–water partition coefficient (Wildman–Crippen LogP) is 2.06. The summed E-state index contributed by atoms with van der Waals surface area (Å²) in [6.07, 6.45) is 1.85. The summed E-state index contributed by atoms with van der Waals surface area (Å²) in [6, 6.07) is 3.11. The van der Waals surface area contributed by atoms with Crippen molar-refractivity contribution in [2.75, 3.05) is 0 Å². The molecular weight excluding hydrogens is 232 g/mol. The van der Waals surface area contributed by atoms with Gasteiger partial charge in [-0.05, 0) is 29.6 Å². The molecule has 2 N–H and O–H groups in total. The summed E-state index contributed by atoms with van der Waals surface area (Å²) in [5.74, 6) is -1.16. The first-order chi connectivity index (χ1) is 7.66. The van der Waals surface area contributed by atoms with E-state index in [0.29, 0.717) is 12.0 Å². The van der Waals surface area contributed by atoms with Crippen molar-refractivity contribution in [2.24, 2.45) is 5.73 Å². The van der Waals surface area contributed by atoms with Crippen molar-refractivity contribution in [1.29, 1.82) is 0 Å². The zero-order valence-corrected chi connectivity index (χ0v) is 9.05. The Labute approximate surface area is 95.1 Å². The lowest BCUT2D eigenvalue weighted by Crippen LogP contribution is -2.12. The fourth-order valence-electron chi connectivity index (χ4n) is 1.36. The minimum absolute atomic E-state index is 0.302. The standard InChI is InChI=1S/C10H9F2N3S/c11-7-2-1-6(8(12)4-7)3-9(13)10-5-14-15-16-10/h1-2,4-5,9H,3,13H2. The molecule has 0 fully saturated rings. The zero-order chi connectivity index (χ0) is 11.5. The fraction of sp³-hybridized carbons (Fsp3) is 0.200. The van der Waals surface area contributed by atoms with Gasteiger partial charge >= 0.3 is 0 Å². The third-order valence-electron chi connectivity index (χ3n) is 2.20. The lowest BCUT2D eigenvalue weighted by atomic mass is 10.1. The highest BCUT2D eigenvalue weighted by Gasteiger charge is 2.12. The Hall–Kier alpha value is -1.40. The van der Waals surface area contributed by atoms with E-state index in [1.54, 1.807) is 6.20 Å². The summed E-state index contributed by atoms with van der Waals surface area (Å²) in [7, 11) is 0. The Kier molecular flexibility index (Phi) is 3.21. The predicted molar refractivity (Wildman–Crippen MR) is 56.9 cm³/mol. The van der Waals surface area contributed by atoms with E-state index < -0.39 is 11.6 Å². The molecule has 1 heterocycles. The quantitative estimate of drug-likeness (QED) is 0.894. The normalized spacial score (nSPS) is 12.7. The molecule has 0 aliphatic rings. The third kappa shape index (κ3) is 2.40. The van der Waals surface area contributed by atoms with Gasteiger partial charge in [0.25, 0.3) is 0 Å².